The first-order chi connectivity index (χ1) is 7.15. The molecule has 80 valence electrons. The monoisotopic (exact) mass is 214 g/mol. The van der Waals surface area contributed by atoms with Gasteiger partial charge < -0.3 is 5.32 Å². The Hall–Kier alpha value is -1.54. The first-order valence-electron chi connectivity index (χ1n) is 4.36. The van der Waals surface area contributed by atoms with E-state index in [1.807, 2.05) is 6.07 Å². The summed E-state index contributed by atoms with van der Waals surface area (Å²) in [7, 11) is 0. The van der Waals surface area contributed by atoms with Crippen molar-refractivity contribution < 1.29 is 13.2 Å². The molecular formula is C10H9F3N2. The molecule has 0 saturated carbocycles. The Morgan fingerprint density at radius 1 is 1.20 bits per heavy atom. The van der Waals surface area contributed by atoms with Crippen LogP contribution in [0.3, 0.4) is 0 Å². The van der Waals surface area contributed by atoms with E-state index >= 15 is 0 Å². The van der Waals surface area contributed by atoms with Gasteiger partial charge in [-0.25, -0.2) is 13.2 Å². The van der Waals surface area contributed by atoms with E-state index in [0.29, 0.717) is 18.5 Å². The van der Waals surface area contributed by atoms with E-state index in [-0.39, 0.29) is 6.54 Å². The molecule has 0 heterocycles. The molecule has 0 aromatic heterocycles. The second-order valence-electron chi connectivity index (χ2n) is 2.96. The fourth-order valence-corrected chi connectivity index (χ4v) is 1.09. The van der Waals surface area contributed by atoms with Crippen LogP contribution < -0.4 is 5.32 Å². The van der Waals surface area contributed by atoms with E-state index in [0.717, 1.165) is 12.1 Å². The summed E-state index contributed by atoms with van der Waals surface area (Å²) in [5.41, 5.74) is 0.310. The molecule has 0 spiro atoms. The second-order valence-corrected chi connectivity index (χ2v) is 2.96. The van der Waals surface area contributed by atoms with E-state index in [1.54, 1.807) is 0 Å². The van der Waals surface area contributed by atoms with Crippen LogP contribution in [0.1, 0.15) is 12.0 Å². The van der Waals surface area contributed by atoms with Gasteiger partial charge in [0.1, 0.15) is 0 Å². The van der Waals surface area contributed by atoms with Crippen molar-refractivity contribution in [1.82, 2.24) is 5.32 Å². The summed E-state index contributed by atoms with van der Waals surface area (Å²) in [6, 6.07) is 3.77. The van der Waals surface area contributed by atoms with Crippen LogP contribution in [0.15, 0.2) is 12.1 Å². The highest BCUT2D eigenvalue weighted by Crippen LogP contribution is 2.13. The number of rotatable bonds is 4. The SMILES string of the molecule is N#CCCNCc1cc(F)c(F)c(F)c1. The highest BCUT2D eigenvalue weighted by Gasteiger charge is 2.09. The van der Waals surface area contributed by atoms with Crippen molar-refractivity contribution in [2.45, 2.75) is 13.0 Å². The summed E-state index contributed by atoms with van der Waals surface area (Å²) in [6.07, 6.45) is 0.312. The number of nitriles is 1. The first kappa shape index (κ1) is 11.5. The van der Waals surface area contributed by atoms with Crippen LogP contribution in [0.5, 0.6) is 0 Å². The predicted molar refractivity (Wildman–Crippen MR) is 48.3 cm³/mol. The summed E-state index contributed by atoms with van der Waals surface area (Å²) in [4.78, 5) is 0. The maximum atomic E-state index is 12.7. The topological polar surface area (TPSA) is 35.8 Å². The lowest BCUT2D eigenvalue weighted by Crippen LogP contribution is -2.14. The molecule has 2 nitrogen and oxygen atoms in total. The van der Waals surface area contributed by atoms with Crippen LogP contribution in [0, 0.1) is 28.8 Å². The quantitative estimate of drug-likeness (QED) is 0.615. The Labute approximate surface area is 85.3 Å². The van der Waals surface area contributed by atoms with Gasteiger partial charge in [-0.2, -0.15) is 5.26 Å². The molecule has 1 rings (SSSR count). The molecule has 0 atom stereocenters. The van der Waals surface area contributed by atoms with E-state index in [1.165, 1.54) is 0 Å². The second kappa shape index (κ2) is 5.37. The lowest BCUT2D eigenvalue weighted by atomic mass is 10.2. The van der Waals surface area contributed by atoms with Gasteiger partial charge in [0.2, 0.25) is 0 Å². The molecule has 0 saturated heterocycles. The molecule has 0 aliphatic heterocycles. The maximum absolute atomic E-state index is 12.7. The number of halogens is 3. The molecule has 0 radical (unpaired) electrons. The third kappa shape index (κ3) is 3.26. The van der Waals surface area contributed by atoms with Crippen LogP contribution in [-0.2, 0) is 6.54 Å². The van der Waals surface area contributed by atoms with E-state index in [4.69, 9.17) is 5.26 Å². The minimum atomic E-state index is -1.46. The average Bonchev–Trinajstić information content (AvgIpc) is 2.21. The molecule has 5 heteroatoms. The van der Waals surface area contributed by atoms with Gasteiger partial charge in [0.05, 0.1) is 6.07 Å². The summed E-state index contributed by atoms with van der Waals surface area (Å²) >= 11 is 0. The molecule has 1 N–H and O–H groups in total. The maximum Gasteiger partial charge on any atom is 0.194 e. The van der Waals surface area contributed by atoms with Gasteiger partial charge in [-0.3, -0.25) is 0 Å². The Morgan fingerprint density at radius 2 is 1.80 bits per heavy atom. The van der Waals surface area contributed by atoms with Crippen molar-refractivity contribution in [2.75, 3.05) is 6.54 Å². The van der Waals surface area contributed by atoms with Crippen LogP contribution >= 0.6 is 0 Å². The van der Waals surface area contributed by atoms with Gasteiger partial charge in [-0.05, 0) is 17.7 Å². The smallest absolute Gasteiger partial charge is 0.194 e. The zero-order valence-corrected chi connectivity index (χ0v) is 7.86. The average molecular weight is 214 g/mol. The molecule has 0 aliphatic carbocycles. The predicted octanol–water partition coefficient (Wildman–Crippen LogP) is 2.11. The lowest BCUT2D eigenvalue weighted by molar-refractivity contribution is 0.444. The molecule has 0 unspecified atom stereocenters. The Balaban J connectivity index is 2.59. The van der Waals surface area contributed by atoms with Crippen molar-refractivity contribution in [3.05, 3.63) is 35.1 Å². The van der Waals surface area contributed by atoms with Crippen LogP contribution in [0.2, 0.25) is 0 Å². The first-order valence-corrected chi connectivity index (χ1v) is 4.36. The molecule has 1 aromatic carbocycles. The molecule has 0 bridgehead atoms. The van der Waals surface area contributed by atoms with Crippen molar-refractivity contribution in [3.63, 3.8) is 0 Å². The number of hydrogen-bond donors (Lipinski definition) is 1. The summed E-state index contributed by atoms with van der Waals surface area (Å²) in [5, 5.41) is 11.0. The van der Waals surface area contributed by atoms with Crippen molar-refractivity contribution in [2.24, 2.45) is 0 Å². The summed E-state index contributed by atoms with van der Waals surface area (Å²) in [5.74, 6) is -3.87. The molecule has 15 heavy (non-hydrogen) atoms. The van der Waals surface area contributed by atoms with Gasteiger partial charge >= 0.3 is 0 Å². The lowest BCUT2D eigenvalue weighted by Gasteiger charge is -2.03. The third-order valence-corrected chi connectivity index (χ3v) is 1.79. The van der Waals surface area contributed by atoms with Crippen LogP contribution in [0.4, 0.5) is 13.2 Å². The van der Waals surface area contributed by atoms with Gasteiger partial charge in [-0.1, -0.05) is 0 Å². The molecular weight excluding hydrogens is 205 g/mol. The fourth-order valence-electron chi connectivity index (χ4n) is 1.09. The van der Waals surface area contributed by atoms with Crippen molar-refractivity contribution >= 4 is 0 Å². The molecule has 0 amide bonds. The van der Waals surface area contributed by atoms with Crippen LogP contribution in [0.25, 0.3) is 0 Å². The van der Waals surface area contributed by atoms with Crippen LogP contribution in [-0.4, -0.2) is 6.54 Å². The van der Waals surface area contributed by atoms with Gasteiger partial charge in [0.25, 0.3) is 0 Å². The van der Waals surface area contributed by atoms with Crippen molar-refractivity contribution in [1.29, 1.82) is 5.26 Å². The Bertz CT molecular complexity index is 362. The largest absolute Gasteiger partial charge is 0.312 e. The Kier molecular flexibility index (Phi) is 4.13. The highest BCUT2D eigenvalue weighted by molar-refractivity contribution is 5.19. The van der Waals surface area contributed by atoms with Gasteiger partial charge in [-0.15, -0.1) is 0 Å². The third-order valence-electron chi connectivity index (χ3n) is 1.79. The molecule has 0 aliphatic rings. The van der Waals surface area contributed by atoms with Crippen molar-refractivity contribution in [3.8, 4) is 6.07 Å². The minimum absolute atomic E-state index is 0.204. The van der Waals surface area contributed by atoms with Gasteiger partial charge in [0.15, 0.2) is 17.5 Å². The fraction of sp³-hybridized carbons (Fsp3) is 0.300. The summed E-state index contributed by atoms with van der Waals surface area (Å²) < 4.78 is 38.0. The normalized spacial score (nSPS) is 10.0. The highest BCUT2D eigenvalue weighted by atomic mass is 19.2. The minimum Gasteiger partial charge on any atom is -0.312 e. The number of nitrogens with one attached hydrogen (secondary N) is 1. The number of hydrogen-bond acceptors (Lipinski definition) is 2. The van der Waals surface area contributed by atoms with Gasteiger partial charge in [0, 0.05) is 19.5 Å². The van der Waals surface area contributed by atoms with E-state index in [9.17, 15) is 13.2 Å². The van der Waals surface area contributed by atoms with E-state index < -0.39 is 17.5 Å². The zero-order chi connectivity index (χ0) is 11.3. The summed E-state index contributed by atoms with van der Waals surface area (Å²) in [6.45, 7) is 0.632. The Morgan fingerprint density at radius 3 is 2.33 bits per heavy atom. The standard InChI is InChI=1S/C10H9F3N2/c11-8-4-7(5-9(12)10(8)13)6-15-3-1-2-14/h4-5,15H,1,3,6H2. The van der Waals surface area contributed by atoms with E-state index in [2.05, 4.69) is 5.32 Å². The number of benzene rings is 1. The molecule has 0 fully saturated rings. The number of nitrogens with zero attached hydrogens (tertiary/aromatic N) is 1. The molecule has 1 aromatic rings. The zero-order valence-electron chi connectivity index (χ0n) is 7.86.